The van der Waals surface area contributed by atoms with Gasteiger partial charge in [0.2, 0.25) is 0 Å². The zero-order chi connectivity index (χ0) is 7.91. The molecule has 1 radical (unpaired) electrons. The standard InChI is InChI=1S/C5H9O.C2H6N.Y/c1-5(2,3)4-6;1-3-2;/h1-3H3;3H,1H2,2H3;/q2*-1;. The molecule has 0 aromatic carbocycles. The second kappa shape index (κ2) is 9.73. The van der Waals surface area contributed by atoms with Crippen molar-refractivity contribution in [2.75, 3.05) is 7.05 Å². The van der Waals surface area contributed by atoms with E-state index in [2.05, 4.69) is 12.4 Å². The molecule has 0 fully saturated rings. The van der Waals surface area contributed by atoms with Crippen molar-refractivity contribution in [2.24, 2.45) is 5.41 Å². The maximum absolute atomic E-state index is 9.70. The van der Waals surface area contributed by atoms with Gasteiger partial charge in [0.1, 0.15) is 0 Å². The average molecular weight is 218 g/mol. The van der Waals surface area contributed by atoms with Gasteiger partial charge in [0.15, 0.2) is 0 Å². The predicted molar refractivity (Wildman–Crippen MR) is 39.6 cm³/mol. The summed E-state index contributed by atoms with van der Waals surface area (Å²) >= 11 is 0. The van der Waals surface area contributed by atoms with E-state index in [0.29, 0.717) is 0 Å². The second-order valence-electron chi connectivity index (χ2n) is 2.71. The molecule has 0 bridgehead atoms. The normalized spacial score (nSPS) is 8.50. The molecule has 2 nitrogen and oxygen atoms in total. The summed E-state index contributed by atoms with van der Waals surface area (Å²) in [5.41, 5.74) is -0.264. The first-order valence-electron chi connectivity index (χ1n) is 2.81. The van der Waals surface area contributed by atoms with E-state index in [1.54, 1.807) is 7.05 Å². The van der Waals surface area contributed by atoms with Gasteiger partial charge in [-0.25, -0.2) is 0 Å². The molecule has 59 valence electrons. The molecule has 0 aliphatic heterocycles. The summed E-state index contributed by atoms with van der Waals surface area (Å²) in [6.07, 6.45) is 1.85. The van der Waals surface area contributed by atoms with E-state index < -0.39 is 0 Å². The summed E-state index contributed by atoms with van der Waals surface area (Å²) in [6, 6.07) is 0. The topological polar surface area (TPSA) is 29.1 Å². The number of nitrogens with one attached hydrogen (secondary N) is 1. The van der Waals surface area contributed by atoms with E-state index in [-0.39, 0.29) is 38.1 Å². The first-order valence-corrected chi connectivity index (χ1v) is 2.81. The van der Waals surface area contributed by atoms with Crippen molar-refractivity contribution in [3.05, 3.63) is 7.05 Å². The molecule has 0 aliphatic carbocycles. The van der Waals surface area contributed by atoms with E-state index in [1.165, 1.54) is 0 Å². The predicted octanol–water partition coefficient (Wildman–Crippen LogP) is 1.14. The minimum absolute atomic E-state index is 0. The molecule has 0 aromatic rings. The Morgan fingerprint density at radius 3 is 1.50 bits per heavy atom. The maximum Gasteiger partial charge on any atom is 0 e. The van der Waals surface area contributed by atoms with Gasteiger partial charge >= 0.3 is 0 Å². The number of carbonyl (C=O) groups excluding carboxylic acids is 1. The third-order valence-corrected chi connectivity index (χ3v) is 0.306. The first kappa shape index (κ1) is 17.0. The molecule has 0 amide bonds. The van der Waals surface area contributed by atoms with Gasteiger partial charge in [-0.3, -0.25) is 13.3 Å². The van der Waals surface area contributed by atoms with Crippen LogP contribution in [-0.2, 0) is 37.5 Å². The fourth-order valence-corrected chi connectivity index (χ4v) is 0. The summed E-state index contributed by atoms with van der Waals surface area (Å²) in [5.74, 6) is 0. The zero-order valence-electron chi connectivity index (χ0n) is 7.19. The molecule has 10 heavy (non-hydrogen) atoms. The van der Waals surface area contributed by atoms with Gasteiger partial charge in [-0.2, -0.15) is 0 Å². The van der Waals surface area contributed by atoms with Crippen LogP contribution in [0.15, 0.2) is 0 Å². The smallest absolute Gasteiger partial charge is 0 e. The van der Waals surface area contributed by atoms with Crippen molar-refractivity contribution in [1.29, 1.82) is 0 Å². The quantitative estimate of drug-likeness (QED) is 0.617. The molecule has 0 atom stereocenters. The molecule has 3 heteroatoms. The fraction of sp³-hybridized carbons (Fsp3) is 0.714. The molecule has 0 spiro atoms. The Bertz CT molecular complexity index is 68.5. The third-order valence-electron chi connectivity index (χ3n) is 0.306. The second-order valence-corrected chi connectivity index (χ2v) is 2.71. The Kier molecular flexibility index (Phi) is 16.6. The molecule has 0 heterocycles. The monoisotopic (exact) mass is 218 g/mol. The van der Waals surface area contributed by atoms with Crippen molar-refractivity contribution in [3.8, 4) is 0 Å². The van der Waals surface area contributed by atoms with Crippen LogP contribution < -0.4 is 5.32 Å². The van der Waals surface area contributed by atoms with Crippen LogP contribution in [0.25, 0.3) is 0 Å². The molecule has 1 N–H and O–H groups in total. The van der Waals surface area contributed by atoms with Crippen molar-refractivity contribution in [3.63, 3.8) is 0 Å². The Hall–Kier alpha value is 0.734. The van der Waals surface area contributed by atoms with Gasteiger partial charge in [-0.05, 0) is 7.05 Å². The van der Waals surface area contributed by atoms with Crippen LogP contribution in [0.1, 0.15) is 20.8 Å². The van der Waals surface area contributed by atoms with Crippen molar-refractivity contribution < 1.29 is 37.5 Å². The first-order chi connectivity index (χ1) is 3.97. The minimum Gasteiger partial charge on any atom is -0.541 e. The summed E-state index contributed by atoms with van der Waals surface area (Å²) in [6.45, 7) is 5.46. The van der Waals surface area contributed by atoms with E-state index in [4.69, 9.17) is 0 Å². The molecule has 0 aliphatic rings. The molecular weight excluding hydrogens is 203 g/mol. The van der Waals surface area contributed by atoms with Crippen LogP contribution >= 0.6 is 0 Å². The van der Waals surface area contributed by atoms with Gasteiger partial charge in [0.25, 0.3) is 0 Å². The molecule has 0 unspecified atom stereocenters. The summed E-state index contributed by atoms with van der Waals surface area (Å²) in [4.78, 5) is 9.70. The minimum atomic E-state index is -0.264. The Morgan fingerprint density at radius 1 is 1.40 bits per heavy atom. The number of hydrogen-bond donors (Lipinski definition) is 1. The van der Waals surface area contributed by atoms with Crippen molar-refractivity contribution in [1.82, 2.24) is 5.32 Å². The van der Waals surface area contributed by atoms with E-state index in [9.17, 15) is 4.79 Å². The van der Waals surface area contributed by atoms with Crippen LogP contribution in [0.4, 0.5) is 0 Å². The van der Waals surface area contributed by atoms with Crippen LogP contribution in [0.2, 0.25) is 0 Å². The molecule has 0 saturated carbocycles. The van der Waals surface area contributed by atoms with E-state index in [1.807, 2.05) is 27.1 Å². The maximum atomic E-state index is 9.70. The number of rotatable bonds is 0. The Labute approximate surface area is 89.0 Å². The van der Waals surface area contributed by atoms with Gasteiger partial charge in [-0.15, -0.1) is 5.41 Å². The van der Waals surface area contributed by atoms with Gasteiger partial charge in [-0.1, -0.05) is 20.8 Å². The average Bonchev–Trinajstić information content (AvgIpc) is 1.67. The van der Waals surface area contributed by atoms with E-state index in [0.717, 1.165) is 0 Å². The third kappa shape index (κ3) is 37.5. The largest absolute Gasteiger partial charge is 0.541 e. The van der Waals surface area contributed by atoms with Crippen molar-refractivity contribution >= 4 is 6.29 Å². The number of hydrogen-bond acceptors (Lipinski definition) is 2. The molecule has 0 saturated heterocycles. The molecule has 0 aromatic heterocycles. The van der Waals surface area contributed by atoms with Crippen molar-refractivity contribution in [2.45, 2.75) is 20.8 Å². The van der Waals surface area contributed by atoms with Crippen LogP contribution in [-0.4, -0.2) is 13.3 Å². The Morgan fingerprint density at radius 2 is 1.50 bits per heavy atom. The summed E-state index contributed by atoms with van der Waals surface area (Å²) in [7, 11) is 5.00. The van der Waals surface area contributed by atoms with Gasteiger partial charge in [0.05, 0.1) is 0 Å². The summed E-state index contributed by atoms with van der Waals surface area (Å²) < 4.78 is 0. The fourth-order valence-electron chi connectivity index (χ4n) is 0. The summed E-state index contributed by atoms with van der Waals surface area (Å²) in [5, 5.41) is 2.50. The van der Waals surface area contributed by atoms with Gasteiger partial charge < -0.3 is 10.1 Å². The van der Waals surface area contributed by atoms with Gasteiger partial charge in [0, 0.05) is 32.7 Å². The van der Waals surface area contributed by atoms with Crippen LogP contribution in [0, 0.1) is 12.5 Å². The Balaban J connectivity index is -0.000000107. The van der Waals surface area contributed by atoms with Crippen LogP contribution in [0.5, 0.6) is 0 Å². The molecular formula is C7H15NOY-2. The van der Waals surface area contributed by atoms with Crippen LogP contribution in [0.3, 0.4) is 0 Å². The molecule has 0 rings (SSSR count). The SMILES string of the molecule is CC(C)(C)[C-]=O.[CH2-]NC.[Y]. The van der Waals surface area contributed by atoms with E-state index >= 15 is 0 Å². The zero-order valence-corrected chi connectivity index (χ0v) is 10.0.